The van der Waals surface area contributed by atoms with Crippen LogP contribution in [0, 0.1) is 6.92 Å². The van der Waals surface area contributed by atoms with Crippen LogP contribution in [0.15, 0.2) is 36.4 Å². The van der Waals surface area contributed by atoms with Gasteiger partial charge in [-0.3, -0.25) is 0 Å². The molecule has 0 aliphatic carbocycles. The van der Waals surface area contributed by atoms with Crippen LogP contribution in [-0.2, 0) is 24.7 Å². The molecule has 118 valence electrons. The standard InChI is InChI=1S/C21H27Cl/c1-6-19-17(13-15(2)14-20(19)22)10-7-16-8-11-18(12-9-16)21(3,4)5/h8-9,11-14H,6-7,10H2,1-5H3. The molecule has 0 radical (unpaired) electrons. The summed E-state index contributed by atoms with van der Waals surface area (Å²) in [6.45, 7) is 11.1. The molecule has 0 N–H and O–H groups in total. The van der Waals surface area contributed by atoms with E-state index in [0.29, 0.717) is 0 Å². The zero-order valence-electron chi connectivity index (χ0n) is 14.5. The lowest BCUT2D eigenvalue weighted by atomic mass is 9.86. The first-order valence-corrected chi connectivity index (χ1v) is 8.56. The number of halogens is 1. The van der Waals surface area contributed by atoms with Gasteiger partial charge in [0.15, 0.2) is 0 Å². The van der Waals surface area contributed by atoms with Crippen LogP contribution in [0.4, 0.5) is 0 Å². The highest BCUT2D eigenvalue weighted by molar-refractivity contribution is 6.31. The molecule has 1 heteroatoms. The maximum Gasteiger partial charge on any atom is 0.0443 e. The Morgan fingerprint density at radius 1 is 0.955 bits per heavy atom. The Kier molecular flexibility index (Phi) is 5.34. The van der Waals surface area contributed by atoms with Crippen LogP contribution in [0.5, 0.6) is 0 Å². The number of hydrogen-bond acceptors (Lipinski definition) is 0. The minimum Gasteiger partial charge on any atom is -0.0840 e. The molecule has 0 bridgehead atoms. The van der Waals surface area contributed by atoms with Gasteiger partial charge in [-0.25, -0.2) is 0 Å². The third-order valence-electron chi connectivity index (χ3n) is 4.29. The van der Waals surface area contributed by atoms with E-state index in [1.807, 2.05) is 0 Å². The van der Waals surface area contributed by atoms with Crippen molar-refractivity contribution in [1.29, 1.82) is 0 Å². The van der Waals surface area contributed by atoms with Gasteiger partial charge >= 0.3 is 0 Å². The molecule has 2 aromatic carbocycles. The van der Waals surface area contributed by atoms with Gasteiger partial charge < -0.3 is 0 Å². The van der Waals surface area contributed by atoms with E-state index in [1.54, 1.807) is 0 Å². The number of benzene rings is 2. The number of aryl methyl sites for hydroxylation is 3. The molecule has 22 heavy (non-hydrogen) atoms. The summed E-state index contributed by atoms with van der Waals surface area (Å²) in [6, 6.07) is 13.4. The van der Waals surface area contributed by atoms with Crippen LogP contribution in [0.1, 0.15) is 55.5 Å². The Hall–Kier alpha value is -1.27. The fourth-order valence-electron chi connectivity index (χ4n) is 2.91. The Morgan fingerprint density at radius 3 is 2.14 bits per heavy atom. The molecule has 0 spiro atoms. The van der Waals surface area contributed by atoms with Gasteiger partial charge in [-0.1, -0.05) is 69.6 Å². The van der Waals surface area contributed by atoms with Crippen molar-refractivity contribution in [3.05, 3.63) is 69.2 Å². The van der Waals surface area contributed by atoms with Crippen LogP contribution in [-0.4, -0.2) is 0 Å². The van der Waals surface area contributed by atoms with E-state index in [1.165, 1.54) is 27.8 Å². The van der Waals surface area contributed by atoms with Crippen molar-refractivity contribution in [1.82, 2.24) is 0 Å². The van der Waals surface area contributed by atoms with Crippen LogP contribution in [0.25, 0.3) is 0 Å². The van der Waals surface area contributed by atoms with Crippen molar-refractivity contribution in [2.75, 3.05) is 0 Å². The van der Waals surface area contributed by atoms with Crippen molar-refractivity contribution in [3.63, 3.8) is 0 Å². The van der Waals surface area contributed by atoms with Gasteiger partial charge in [-0.2, -0.15) is 0 Å². The predicted molar refractivity (Wildman–Crippen MR) is 98.1 cm³/mol. The van der Waals surface area contributed by atoms with Crippen LogP contribution < -0.4 is 0 Å². The molecule has 0 nitrogen and oxygen atoms in total. The molecule has 0 unspecified atom stereocenters. The van der Waals surface area contributed by atoms with Crippen molar-refractivity contribution in [2.45, 2.75) is 59.3 Å². The molecule has 2 rings (SSSR count). The third-order valence-corrected chi connectivity index (χ3v) is 4.63. The van der Waals surface area contributed by atoms with E-state index >= 15 is 0 Å². The summed E-state index contributed by atoms with van der Waals surface area (Å²) in [7, 11) is 0. The largest absolute Gasteiger partial charge is 0.0840 e. The van der Waals surface area contributed by atoms with Crippen LogP contribution >= 0.6 is 11.6 Å². The summed E-state index contributed by atoms with van der Waals surface area (Å²) in [5.74, 6) is 0. The topological polar surface area (TPSA) is 0 Å². The molecular formula is C21H27Cl. The van der Waals surface area contributed by atoms with Crippen LogP contribution in [0.2, 0.25) is 5.02 Å². The normalized spacial score (nSPS) is 11.7. The highest BCUT2D eigenvalue weighted by Crippen LogP contribution is 2.25. The van der Waals surface area contributed by atoms with Gasteiger partial charge in [0.2, 0.25) is 0 Å². The average molecular weight is 315 g/mol. The SMILES string of the molecule is CCc1c(Cl)cc(C)cc1CCc1ccc(C(C)(C)C)cc1. The fourth-order valence-corrected chi connectivity index (χ4v) is 3.34. The molecule has 0 heterocycles. The van der Waals surface area contributed by atoms with Gasteiger partial charge in [-0.15, -0.1) is 0 Å². The van der Waals surface area contributed by atoms with Crippen molar-refractivity contribution < 1.29 is 0 Å². The zero-order chi connectivity index (χ0) is 16.3. The second-order valence-electron chi connectivity index (χ2n) is 7.18. The van der Waals surface area contributed by atoms with E-state index in [0.717, 1.165) is 24.3 Å². The van der Waals surface area contributed by atoms with Crippen molar-refractivity contribution >= 4 is 11.6 Å². The lowest BCUT2D eigenvalue weighted by molar-refractivity contribution is 0.590. The highest BCUT2D eigenvalue weighted by atomic mass is 35.5. The molecule has 0 aliphatic rings. The Morgan fingerprint density at radius 2 is 1.59 bits per heavy atom. The Balaban J connectivity index is 2.14. The van der Waals surface area contributed by atoms with Crippen molar-refractivity contribution in [3.8, 4) is 0 Å². The molecule has 0 aromatic heterocycles. The average Bonchev–Trinajstić information content (AvgIpc) is 2.44. The monoisotopic (exact) mass is 314 g/mol. The fraction of sp³-hybridized carbons (Fsp3) is 0.429. The van der Waals surface area contributed by atoms with Crippen LogP contribution in [0.3, 0.4) is 0 Å². The number of rotatable bonds is 4. The molecule has 0 saturated carbocycles. The molecule has 2 aromatic rings. The Labute approximate surface area is 140 Å². The second kappa shape index (κ2) is 6.87. The summed E-state index contributed by atoms with van der Waals surface area (Å²) in [5.41, 5.74) is 6.96. The quantitative estimate of drug-likeness (QED) is 0.621. The Bertz CT molecular complexity index is 630. The van der Waals surface area contributed by atoms with Gasteiger partial charge in [-0.05, 0) is 65.5 Å². The van der Waals surface area contributed by atoms with E-state index in [-0.39, 0.29) is 5.41 Å². The number of hydrogen-bond donors (Lipinski definition) is 0. The lowest BCUT2D eigenvalue weighted by Gasteiger charge is -2.19. The van der Waals surface area contributed by atoms with E-state index < -0.39 is 0 Å². The van der Waals surface area contributed by atoms with Gasteiger partial charge in [0, 0.05) is 5.02 Å². The summed E-state index contributed by atoms with van der Waals surface area (Å²) >= 11 is 6.39. The second-order valence-corrected chi connectivity index (χ2v) is 7.59. The predicted octanol–water partition coefficient (Wildman–Crippen LogP) is 6.29. The smallest absolute Gasteiger partial charge is 0.0443 e. The first-order valence-electron chi connectivity index (χ1n) is 8.18. The van der Waals surface area contributed by atoms with Gasteiger partial charge in [0.05, 0.1) is 0 Å². The minimum atomic E-state index is 0.220. The third kappa shape index (κ3) is 4.14. The molecule has 0 amide bonds. The first-order chi connectivity index (χ1) is 10.3. The van der Waals surface area contributed by atoms with E-state index in [2.05, 4.69) is 71.0 Å². The maximum absolute atomic E-state index is 6.39. The molecule has 0 saturated heterocycles. The first kappa shape index (κ1) is 17.1. The molecule has 0 aliphatic heterocycles. The maximum atomic E-state index is 6.39. The lowest BCUT2D eigenvalue weighted by Crippen LogP contribution is -2.10. The summed E-state index contributed by atoms with van der Waals surface area (Å²) in [6.07, 6.45) is 3.12. The highest BCUT2D eigenvalue weighted by Gasteiger charge is 2.13. The van der Waals surface area contributed by atoms with E-state index in [4.69, 9.17) is 11.6 Å². The molecular weight excluding hydrogens is 288 g/mol. The van der Waals surface area contributed by atoms with Gasteiger partial charge in [0.1, 0.15) is 0 Å². The molecule has 0 atom stereocenters. The van der Waals surface area contributed by atoms with Crippen molar-refractivity contribution in [2.24, 2.45) is 0 Å². The van der Waals surface area contributed by atoms with Gasteiger partial charge in [0.25, 0.3) is 0 Å². The van der Waals surface area contributed by atoms with E-state index in [9.17, 15) is 0 Å². The zero-order valence-corrected chi connectivity index (χ0v) is 15.2. The minimum absolute atomic E-state index is 0.220. The molecule has 0 fully saturated rings. The summed E-state index contributed by atoms with van der Waals surface area (Å²) < 4.78 is 0. The summed E-state index contributed by atoms with van der Waals surface area (Å²) in [5, 5.41) is 0.917. The summed E-state index contributed by atoms with van der Waals surface area (Å²) in [4.78, 5) is 0.